The van der Waals surface area contributed by atoms with E-state index >= 15 is 0 Å². The first kappa shape index (κ1) is 25.7. The first-order chi connectivity index (χ1) is 19.5. The average Bonchev–Trinajstić information content (AvgIpc) is 3.68. The number of halogens is 6. The lowest BCUT2D eigenvalue weighted by Gasteiger charge is -2.15. The van der Waals surface area contributed by atoms with Crippen LogP contribution in [0.25, 0.3) is 33.3 Å². The van der Waals surface area contributed by atoms with Crippen molar-refractivity contribution in [3.63, 3.8) is 0 Å². The molecular weight excluding hydrogens is 560 g/mol. The minimum Gasteiger partial charge on any atom is -0.344 e. The van der Waals surface area contributed by atoms with Crippen LogP contribution in [0.3, 0.4) is 0 Å². The molecule has 0 fully saturated rings. The van der Waals surface area contributed by atoms with Crippen LogP contribution in [-0.2, 0) is 17.1 Å². The van der Waals surface area contributed by atoms with Gasteiger partial charge in [-0.25, -0.2) is 19.4 Å². The monoisotopic (exact) mass is 571 g/mol. The summed E-state index contributed by atoms with van der Waals surface area (Å²) in [6.07, 6.45) is -5.22. The fourth-order valence-electron chi connectivity index (χ4n) is 4.41. The predicted molar refractivity (Wildman–Crippen MR) is 128 cm³/mol. The molecule has 0 aliphatic heterocycles. The molecule has 2 N–H and O–H groups in total. The molecule has 0 spiro atoms. The third kappa shape index (κ3) is 4.24. The van der Waals surface area contributed by atoms with Gasteiger partial charge in [-0.2, -0.15) is 41.6 Å². The summed E-state index contributed by atoms with van der Waals surface area (Å²) in [6, 6.07) is 5.02. The molecule has 0 aliphatic rings. The molecule has 6 aromatic rings. The van der Waals surface area contributed by atoms with E-state index in [0.717, 1.165) is 18.6 Å². The molecule has 6 rings (SSSR count). The lowest BCUT2D eigenvalue weighted by molar-refractivity contribution is -0.143. The van der Waals surface area contributed by atoms with Gasteiger partial charge in [0.2, 0.25) is 0 Å². The number of carbonyl (C=O) groups is 1. The number of hydrogen-bond donors (Lipinski definition) is 2. The summed E-state index contributed by atoms with van der Waals surface area (Å²) in [4.78, 5) is 35.4. The Labute approximate surface area is 222 Å². The van der Waals surface area contributed by atoms with E-state index in [9.17, 15) is 35.9 Å². The van der Waals surface area contributed by atoms with Gasteiger partial charge in [0.15, 0.2) is 23.3 Å². The Kier molecular flexibility index (Phi) is 5.63. The molecule has 41 heavy (non-hydrogen) atoms. The van der Waals surface area contributed by atoms with Crippen LogP contribution in [0.1, 0.15) is 21.6 Å². The maximum absolute atomic E-state index is 14.3. The fraction of sp³-hybridized carbons (Fsp3) is 0.0833. The molecule has 0 saturated carbocycles. The number of rotatable bonds is 4. The molecule has 0 unspecified atom stereocenters. The Morgan fingerprint density at radius 3 is 2.29 bits per heavy atom. The number of H-pyrrole nitrogens is 1. The minimum absolute atomic E-state index is 0.0716. The number of hydrogen-bond acceptors (Lipinski definition) is 7. The molecule has 0 atom stereocenters. The van der Waals surface area contributed by atoms with Crippen LogP contribution in [0.2, 0.25) is 0 Å². The minimum atomic E-state index is -5.15. The van der Waals surface area contributed by atoms with Crippen molar-refractivity contribution in [2.24, 2.45) is 0 Å². The number of aromatic amines is 1. The quantitative estimate of drug-likeness (QED) is 0.310. The molecule has 1 aromatic carbocycles. The van der Waals surface area contributed by atoms with Gasteiger partial charge in [0, 0.05) is 16.2 Å². The van der Waals surface area contributed by atoms with E-state index in [1.807, 2.05) is 5.32 Å². The van der Waals surface area contributed by atoms with Crippen LogP contribution in [0, 0.1) is 0 Å². The van der Waals surface area contributed by atoms with E-state index in [2.05, 4.69) is 30.2 Å². The van der Waals surface area contributed by atoms with E-state index in [4.69, 9.17) is 0 Å². The van der Waals surface area contributed by atoms with Crippen LogP contribution in [0.15, 0.2) is 55.2 Å². The number of nitrogens with zero attached hydrogens (tertiary/aromatic N) is 7. The van der Waals surface area contributed by atoms with Gasteiger partial charge in [-0.15, -0.1) is 4.80 Å². The highest BCUT2D eigenvalue weighted by atomic mass is 19.4. The van der Waals surface area contributed by atoms with Crippen molar-refractivity contribution >= 4 is 39.2 Å². The predicted octanol–water partition coefficient (Wildman–Crippen LogP) is 3.39. The summed E-state index contributed by atoms with van der Waals surface area (Å²) >= 11 is 0. The Morgan fingerprint density at radius 2 is 1.61 bits per heavy atom. The number of anilines is 1. The van der Waals surface area contributed by atoms with Gasteiger partial charge in [0.05, 0.1) is 47.8 Å². The van der Waals surface area contributed by atoms with Gasteiger partial charge >= 0.3 is 12.4 Å². The number of nitrogens with one attached hydrogen (secondary N) is 2. The van der Waals surface area contributed by atoms with Crippen molar-refractivity contribution in [2.45, 2.75) is 12.4 Å². The number of amides is 1. The molecular formula is C24H11F6N9O2. The third-order valence-electron chi connectivity index (χ3n) is 6.04. The van der Waals surface area contributed by atoms with Gasteiger partial charge in [0.1, 0.15) is 10.9 Å². The van der Waals surface area contributed by atoms with Gasteiger partial charge in [-0.1, -0.05) is 18.2 Å². The van der Waals surface area contributed by atoms with Crippen molar-refractivity contribution in [2.75, 3.05) is 5.32 Å². The van der Waals surface area contributed by atoms with Gasteiger partial charge < -0.3 is 10.3 Å². The molecule has 206 valence electrons. The fourth-order valence-corrected chi connectivity index (χ4v) is 4.41. The maximum atomic E-state index is 14.3. The van der Waals surface area contributed by atoms with Gasteiger partial charge in [-0.05, 0) is 6.07 Å². The molecule has 0 aliphatic carbocycles. The summed E-state index contributed by atoms with van der Waals surface area (Å²) in [5.41, 5.74) is -4.03. The Balaban J connectivity index is 1.44. The highest BCUT2D eigenvalue weighted by Crippen LogP contribution is 2.37. The highest BCUT2D eigenvalue weighted by molar-refractivity contribution is 6.12. The zero-order valence-corrected chi connectivity index (χ0v) is 19.9. The van der Waals surface area contributed by atoms with E-state index in [1.54, 1.807) is 12.0 Å². The maximum Gasteiger partial charge on any atom is 0.434 e. The smallest absolute Gasteiger partial charge is 0.344 e. The van der Waals surface area contributed by atoms with Gasteiger partial charge in [-0.3, -0.25) is 4.79 Å². The van der Waals surface area contributed by atoms with E-state index in [1.165, 1.54) is 18.3 Å². The number of pyridine rings is 2. The van der Waals surface area contributed by atoms with Gasteiger partial charge in [0.25, 0.3) is 5.91 Å². The third-order valence-corrected chi connectivity index (χ3v) is 6.04. The topological polar surface area (TPSA) is 136 Å². The average molecular weight is 571 g/mol. The van der Waals surface area contributed by atoms with Crippen molar-refractivity contribution in [3.8, 4) is 11.6 Å². The second kappa shape index (κ2) is 8.99. The van der Waals surface area contributed by atoms with Crippen molar-refractivity contribution in [1.82, 2.24) is 39.7 Å². The number of benzene rings is 1. The normalized spacial score (nSPS) is 12.2. The first-order valence-corrected chi connectivity index (χ1v) is 11.3. The van der Waals surface area contributed by atoms with Crippen LogP contribution >= 0.6 is 0 Å². The van der Waals surface area contributed by atoms with Crippen molar-refractivity contribution < 1.29 is 35.9 Å². The lowest BCUT2D eigenvalue weighted by atomic mass is 10.1. The van der Waals surface area contributed by atoms with E-state index < -0.39 is 46.6 Å². The van der Waals surface area contributed by atoms with E-state index in [0.29, 0.717) is 38.0 Å². The zero-order valence-electron chi connectivity index (χ0n) is 19.9. The Bertz CT molecular complexity index is 2040. The summed E-state index contributed by atoms with van der Waals surface area (Å²) in [6.45, 7) is 0. The lowest BCUT2D eigenvalue weighted by Crippen LogP contribution is -2.22. The molecule has 1 amide bonds. The first-order valence-electron chi connectivity index (χ1n) is 11.3. The molecule has 0 bridgehead atoms. The molecule has 17 heteroatoms. The van der Waals surface area contributed by atoms with Crippen LogP contribution < -0.4 is 10.7 Å². The Hall–Kier alpha value is -5.57. The second-order valence-electron chi connectivity index (χ2n) is 8.51. The zero-order chi connectivity index (χ0) is 29.1. The molecule has 0 radical (unpaired) electrons. The summed E-state index contributed by atoms with van der Waals surface area (Å²) in [5.74, 6) is -0.687. The molecule has 11 nitrogen and oxygen atoms in total. The van der Waals surface area contributed by atoms with Crippen LogP contribution in [0.4, 0.5) is 32.0 Å². The van der Waals surface area contributed by atoms with Crippen LogP contribution in [0.5, 0.6) is 0 Å². The second-order valence-corrected chi connectivity index (χ2v) is 8.51. The van der Waals surface area contributed by atoms with Crippen LogP contribution in [-0.4, -0.2) is 51.6 Å². The standard InChI is InChI=1S/C24H11F6N9O2/c25-23(26,27)15-6-11(7-31-21(15)39-33-4-5-34-39)36-22(41)14-8-35-38(19(14)24(28,29)30)20-13-3-1-2-12-17(10-40)37-16(9-32-20)18(12)13/h1-9,37H,(H,36,41). The highest BCUT2D eigenvalue weighted by Gasteiger charge is 2.42. The molecule has 5 heterocycles. The van der Waals surface area contributed by atoms with Crippen molar-refractivity contribution in [1.29, 1.82) is 0 Å². The van der Waals surface area contributed by atoms with E-state index in [-0.39, 0.29) is 16.6 Å². The molecule has 0 saturated heterocycles. The van der Waals surface area contributed by atoms with Crippen molar-refractivity contribution in [3.05, 3.63) is 77.4 Å². The number of aromatic nitrogens is 8. The molecule has 5 aromatic heterocycles. The number of carbonyl (C=O) groups excluding carboxylic acids is 2. The largest absolute Gasteiger partial charge is 0.434 e. The summed E-state index contributed by atoms with van der Waals surface area (Å²) < 4.78 is 84.5. The SMILES string of the molecule is O=C=c1[nH]c2cnc(-n3ncc(C(=O)Nc4cnc(-n5nccn5)c(C(F)(F)F)c4)c3C(F)(F)F)c3cccc1c23. The summed E-state index contributed by atoms with van der Waals surface area (Å²) in [7, 11) is 0. The summed E-state index contributed by atoms with van der Waals surface area (Å²) in [5, 5.41) is 14.0. The number of alkyl halides is 6. The Morgan fingerprint density at radius 1 is 0.902 bits per heavy atom.